The molecule has 0 amide bonds. The van der Waals surface area contributed by atoms with Crippen LogP contribution >= 0.6 is 0 Å². The van der Waals surface area contributed by atoms with Gasteiger partial charge in [0, 0.05) is 11.8 Å². The molecule has 1 unspecified atom stereocenters. The van der Waals surface area contributed by atoms with E-state index in [-0.39, 0.29) is 23.9 Å². The summed E-state index contributed by atoms with van der Waals surface area (Å²) < 4.78 is 28.5. The molecule has 4 saturated carbocycles. The van der Waals surface area contributed by atoms with E-state index in [1.807, 2.05) is 6.92 Å². The lowest BCUT2D eigenvalue weighted by Gasteiger charge is -2.60. The van der Waals surface area contributed by atoms with Crippen LogP contribution in [0.5, 0.6) is 0 Å². The van der Waals surface area contributed by atoms with Gasteiger partial charge in [0.2, 0.25) is 0 Å². The van der Waals surface area contributed by atoms with Crippen LogP contribution in [0.1, 0.15) is 65.2 Å². The molecule has 0 aromatic carbocycles. The van der Waals surface area contributed by atoms with Gasteiger partial charge in [0.25, 0.3) is 5.92 Å². The molecule has 4 rings (SSSR count). The lowest BCUT2D eigenvalue weighted by Crippen LogP contribution is -2.54. The highest BCUT2D eigenvalue weighted by Crippen LogP contribution is 2.68. The Balaban J connectivity index is 1.65. The minimum atomic E-state index is -2.92. The third-order valence-corrected chi connectivity index (χ3v) is 8.59. The molecule has 0 bridgehead atoms. The first-order valence-electron chi connectivity index (χ1n) is 9.42. The van der Waals surface area contributed by atoms with Gasteiger partial charge < -0.3 is 10.2 Å². The van der Waals surface area contributed by atoms with Crippen molar-refractivity contribution in [1.29, 1.82) is 0 Å². The second kappa shape index (κ2) is 4.91. The van der Waals surface area contributed by atoms with Gasteiger partial charge in [-0.3, -0.25) is 0 Å². The topological polar surface area (TPSA) is 40.5 Å². The van der Waals surface area contributed by atoms with Crippen molar-refractivity contribution < 1.29 is 19.0 Å². The van der Waals surface area contributed by atoms with Crippen molar-refractivity contribution in [1.82, 2.24) is 0 Å². The van der Waals surface area contributed by atoms with E-state index >= 15 is 0 Å². The summed E-state index contributed by atoms with van der Waals surface area (Å²) in [7, 11) is 0. The Morgan fingerprint density at radius 3 is 2.30 bits per heavy atom. The maximum atomic E-state index is 14.2. The van der Waals surface area contributed by atoms with Crippen molar-refractivity contribution in [3.05, 3.63) is 0 Å². The van der Waals surface area contributed by atoms with Crippen molar-refractivity contribution >= 4 is 0 Å². The van der Waals surface area contributed by atoms with Crippen molar-refractivity contribution in [2.24, 2.45) is 34.5 Å². The molecule has 4 heteroatoms. The molecule has 4 fully saturated rings. The van der Waals surface area contributed by atoms with E-state index in [0.29, 0.717) is 17.8 Å². The van der Waals surface area contributed by atoms with Gasteiger partial charge >= 0.3 is 0 Å². The van der Waals surface area contributed by atoms with Gasteiger partial charge in [-0.15, -0.1) is 0 Å². The van der Waals surface area contributed by atoms with E-state index in [0.717, 1.165) is 44.9 Å². The van der Waals surface area contributed by atoms with Gasteiger partial charge in [-0.1, -0.05) is 13.8 Å². The number of aliphatic hydroxyl groups excluding tert-OH is 2. The van der Waals surface area contributed by atoms with Gasteiger partial charge in [0.05, 0.1) is 6.10 Å². The average Bonchev–Trinajstić information content (AvgIpc) is 2.68. The molecule has 2 N–H and O–H groups in total. The first-order chi connectivity index (χ1) is 10.7. The molecule has 0 aliphatic heterocycles. The Hall–Kier alpha value is -0.220. The number of hydrogen-bond acceptors (Lipinski definition) is 2. The predicted octanol–water partition coefficient (Wildman–Crippen LogP) is 4.00. The van der Waals surface area contributed by atoms with Gasteiger partial charge in [0.1, 0.15) is 6.10 Å². The lowest BCUT2D eigenvalue weighted by molar-refractivity contribution is -0.147. The minimum absolute atomic E-state index is 0.0455. The minimum Gasteiger partial charge on any atom is -0.393 e. The van der Waals surface area contributed by atoms with Crippen molar-refractivity contribution in [3.63, 3.8) is 0 Å². The summed E-state index contributed by atoms with van der Waals surface area (Å²) in [4.78, 5) is 0. The fourth-order valence-corrected chi connectivity index (χ4v) is 7.19. The summed E-state index contributed by atoms with van der Waals surface area (Å²) in [6.45, 7) is 4.26. The average molecular weight is 328 g/mol. The van der Waals surface area contributed by atoms with Crippen LogP contribution in [-0.4, -0.2) is 28.3 Å². The summed E-state index contributed by atoms with van der Waals surface area (Å²) in [6.07, 6.45) is 4.75. The molecule has 8 atom stereocenters. The van der Waals surface area contributed by atoms with Gasteiger partial charge in [-0.05, 0) is 74.0 Å². The molecular formula is C19H30F2O2. The normalized spacial score (nSPS) is 58.2. The van der Waals surface area contributed by atoms with Crippen molar-refractivity contribution in [2.75, 3.05) is 0 Å². The first-order valence-corrected chi connectivity index (χ1v) is 9.42. The van der Waals surface area contributed by atoms with Gasteiger partial charge in [-0.2, -0.15) is 0 Å². The standard InChI is InChI=1S/C19H30F2O2/c1-17-7-5-12(22)9-11(17)3-4-13-14(17)6-8-18(2)15(13)10-19(20,21)16(18)23/h11-16,22-23H,3-10H2,1-2H3/t11-,12?,13+,14-,15-,16+,17-,18-/m0/s1. The molecular weight excluding hydrogens is 298 g/mol. The monoisotopic (exact) mass is 328 g/mol. The second-order valence-electron chi connectivity index (χ2n) is 9.50. The van der Waals surface area contributed by atoms with Crippen molar-refractivity contribution in [3.8, 4) is 0 Å². The van der Waals surface area contributed by atoms with Crippen LogP contribution in [-0.2, 0) is 0 Å². The fraction of sp³-hybridized carbons (Fsp3) is 1.00. The first kappa shape index (κ1) is 16.3. The molecule has 0 aromatic rings. The Bertz CT molecular complexity index is 496. The summed E-state index contributed by atoms with van der Waals surface area (Å²) in [5.41, 5.74) is -0.408. The molecule has 2 nitrogen and oxygen atoms in total. The van der Waals surface area contributed by atoms with E-state index in [9.17, 15) is 19.0 Å². The molecule has 0 spiro atoms. The zero-order valence-electron chi connectivity index (χ0n) is 14.3. The van der Waals surface area contributed by atoms with Crippen LogP contribution in [0.2, 0.25) is 0 Å². The third-order valence-electron chi connectivity index (χ3n) is 8.59. The number of rotatable bonds is 0. The van der Waals surface area contributed by atoms with Crippen LogP contribution in [0.4, 0.5) is 8.78 Å². The predicted molar refractivity (Wildman–Crippen MR) is 84.1 cm³/mol. The van der Waals surface area contributed by atoms with E-state index < -0.39 is 17.4 Å². The Morgan fingerprint density at radius 1 is 0.870 bits per heavy atom. The molecule has 132 valence electrons. The van der Waals surface area contributed by atoms with Crippen LogP contribution in [0.15, 0.2) is 0 Å². The third kappa shape index (κ3) is 2.09. The van der Waals surface area contributed by atoms with Crippen LogP contribution in [0.25, 0.3) is 0 Å². The molecule has 23 heavy (non-hydrogen) atoms. The highest BCUT2D eigenvalue weighted by molar-refractivity contribution is 5.13. The second-order valence-corrected chi connectivity index (χ2v) is 9.50. The van der Waals surface area contributed by atoms with Gasteiger partial charge in [-0.25, -0.2) is 8.78 Å². The molecule has 0 radical (unpaired) electrons. The summed E-state index contributed by atoms with van der Waals surface area (Å²) in [5.74, 6) is -1.60. The number of fused-ring (bicyclic) bond motifs is 5. The molecule has 0 aromatic heterocycles. The highest BCUT2D eigenvalue weighted by Gasteiger charge is 2.67. The van der Waals surface area contributed by atoms with Crippen LogP contribution in [0, 0.1) is 34.5 Å². The zero-order valence-corrected chi connectivity index (χ0v) is 14.3. The van der Waals surface area contributed by atoms with Crippen molar-refractivity contribution in [2.45, 2.75) is 83.3 Å². The molecule has 0 heterocycles. The van der Waals surface area contributed by atoms with E-state index in [4.69, 9.17) is 0 Å². The summed E-state index contributed by atoms with van der Waals surface area (Å²) in [6, 6.07) is 0. The number of alkyl halides is 2. The molecule has 4 aliphatic carbocycles. The van der Waals surface area contributed by atoms with Crippen LogP contribution < -0.4 is 0 Å². The van der Waals surface area contributed by atoms with E-state index in [2.05, 4.69) is 6.92 Å². The number of aliphatic hydroxyl groups is 2. The van der Waals surface area contributed by atoms with Crippen LogP contribution in [0.3, 0.4) is 0 Å². The fourth-order valence-electron chi connectivity index (χ4n) is 7.19. The molecule has 0 saturated heterocycles. The number of halogens is 2. The SMILES string of the molecule is C[C@]12CCC(O)C[C@@H]1CC[C@@H]1[C@@H]2CC[C@@]2(C)[C@H]1CC(F)(F)[C@@H]2O. The number of hydrogen-bond donors (Lipinski definition) is 2. The highest BCUT2D eigenvalue weighted by atomic mass is 19.3. The van der Waals surface area contributed by atoms with E-state index in [1.165, 1.54) is 0 Å². The van der Waals surface area contributed by atoms with Gasteiger partial charge in [0.15, 0.2) is 0 Å². The lowest BCUT2D eigenvalue weighted by atomic mass is 9.45. The quantitative estimate of drug-likeness (QED) is 0.706. The molecule has 4 aliphatic rings. The maximum absolute atomic E-state index is 14.2. The Morgan fingerprint density at radius 2 is 1.57 bits per heavy atom. The maximum Gasteiger partial charge on any atom is 0.274 e. The summed E-state index contributed by atoms with van der Waals surface area (Å²) >= 11 is 0. The zero-order chi connectivity index (χ0) is 16.6. The largest absolute Gasteiger partial charge is 0.393 e. The Labute approximate surface area is 137 Å². The Kier molecular flexibility index (Phi) is 3.47. The van der Waals surface area contributed by atoms with E-state index in [1.54, 1.807) is 0 Å². The summed E-state index contributed by atoms with van der Waals surface area (Å²) in [5, 5.41) is 20.3. The smallest absolute Gasteiger partial charge is 0.274 e.